The van der Waals surface area contributed by atoms with Crippen LogP contribution in [-0.4, -0.2) is 69.8 Å². The predicted molar refractivity (Wildman–Crippen MR) is 145 cm³/mol. The Balaban J connectivity index is 0.000000174. The van der Waals surface area contributed by atoms with Crippen molar-refractivity contribution in [1.29, 1.82) is 0 Å². The first-order valence-electron chi connectivity index (χ1n) is 13.0. The van der Waals surface area contributed by atoms with Crippen LogP contribution in [0.5, 0.6) is 0 Å². The molecule has 0 radical (unpaired) electrons. The van der Waals surface area contributed by atoms with Crippen LogP contribution < -0.4 is 0 Å². The van der Waals surface area contributed by atoms with Gasteiger partial charge in [-0.15, -0.1) is 0 Å². The van der Waals surface area contributed by atoms with Crippen LogP contribution in [0.25, 0.3) is 0 Å². The Labute approximate surface area is 223 Å². The van der Waals surface area contributed by atoms with Crippen LogP contribution in [0.2, 0.25) is 5.02 Å². The SMILES string of the molecule is COC(=O)N1CCC(N2CCc3ccccc3C2)CC1.C[C@@H]1CCCCN1S(=O)c1ccc(Cl)cc1. The van der Waals surface area contributed by atoms with E-state index < -0.39 is 11.0 Å². The first-order valence-corrected chi connectivity index (χ1v) is 14.5. The summed E-state index contributed by atoms with van der Waals surface area (Å²) in [4.78, 5) is 16.7. The lowest BCUT2D eigenvalue weighted by Gasteiger charge is -2.40. The molecule has 3 aliphatic rings. The first-order chi connectivity index (χ1) is 17.5. The molecular formula is C28H38ClN3O3S. The maximum Gasteiger partial charge on any atom is 0.409 e. The standard InChI is InChI=1S/C16H22N2O2.C12H16ClNOS/c1-20-16(19)17-10-7-15(8-11-17)18-9-6-13-4-2-3-5-14(13)12-18;1-10-4-2-3-9-14(10)16(15)12-7-5-11(13)6-8-12/h2-5,15H,6-12H2,1H3;5-8,10H,2-4,9H2,1H3/t;10-,16?/m.1/s1. The van der Waals surface area contributed by atoms with Crippen molar-refractivity contribution >= 4 is 28.7 Å². The largest absolute Gasteiger partial charge is 0.453 e. The van der Waals surface area contributed by atoms with Gasteiger partial charge in [-0.05, 0) is 74.4 Å². The van der Waals surface area contributed by atoms with Crippen molar-refractivity contribution in [2.24, 2.45) is 0 Å². The van der Waals surface area contributed by atoms with Crippen molar-refractivity contribution in [3.8, 4) is 0 Å². The molecule has 3 heterocycles. The maximum absolute atomic E-state index is 12.3. The van der Waals surface area contributed by atoms with E-state index >= 15 is 0 Å². The number of ether oxygens (including phenoxy) is 1. The summed E-state index contributed by atoms with van der Waals surface area (Å²) in [6.45, 7) is 6.90. The first kappa shape index (κ1) is 27.1. The number of carbonyl (C=O) groups excluding carboxylic acids is 1. The maximum atomic E-state index is 12.3. The number of benzene rings is 2. The quantitative estimate of drug-likeness (QED) is 0.524. The molecule has 6 nitrogen and oxygen atoms in total. The third-order valence-electron chi connectivity index (χ3n) is 7.54. The van der Waals surface area contributed by atoms with Gasteiger partial charge in [-0.1, -0.05) is 42.3 Å². The minimum Gasteiger partial charge on any atom is -0.453 e. The minimum absolute atomic E-state index is 0.188. The number of hydrogen-bond acceptors (Lipinski definition) is 4. The van der Waals surface area contributed by atoms with Gasteiger partial charge in [-0.2, -0.15) is 0 Å². The van der Waals surface area contributed by atoms with E-state index in [1.807, 2.05) is 17.0 Å². The molecule has 2 aromatic carbocycles. The molecule has 0 saturated carbocycles. The molecule has 2 aromatic rings. The van der Waals surface area contributed by atoms with E-state index in [0.717, 1.165) is 69.7 Å². The zero-order chi connectivity index (χ0) is 25.5. The highest BCUT2D eigenvalue weighted by Crippen LogP contribution is 2.25. The summed E-state index contributed by atoms with van der Waals surface area (Å²) in [6.07, 6.45) is 6.59. The van der Waals surface area contributed by atoms with Gasteiger partial charge >= 0.3 is 6.09 Å². The molecule has 2 atom stereocenters. The summed E-state index contributed by atoms with van der Waals surface area (Å²) >= 11 is 5.82. The Morgan fingerprint density at radius 1 is 0.944 bits per heavy atom. The van der Waals surface area contributed by atoms with Crippen molar-refractivity contribution < 1.29 is 13.7 Å². The second kappa shape index (κ2) is 13.0. The number of nitrogens with zero attached hydrogens (tertiary/aromatic N) is 3. The molecule has 5 rings (SSSR count). The zero-order valence-electron chi connectivity index (χ0n) is 21.4. The van der Waals surface area contributed by atoms with Gasteiger partial charge in [0.25, 0.3) is 0 Å². The fraction of sp³-hybridized carbons (Fsp3) is 0.536. The number of carbonyl (C=O) groups is 1. The van der Waals surface area contributed by atoms with E-state index in [2.05, 4.69) is 40.4 Å². The fourth-order valence-corrected chi connectivity index (χ4v) is 6.87. The fourth-order valence-electron chi connectivity index (χ4n) is 5.38. The van der Waals surface area contributed by atoms with Crippen molar-refractivity contribution in [2.45, 2.75) is 69.0 Å². The molecule has 3 aliphatic heterocycles. The Bertz CT molecular complexity index is 1030. The molecule has 1 amide bonds. The molecule has 196 valence electrons. The molecule has 0 bridgehead atoms. The number of amides is 1. The minimum atomic E-state index is -1.03. The van der Waals surface area contributed by atoms with Gasteiger partial charge in [0.1, 0.15) is 11.0 Å². The summed E-state index contributed by atoms with van der Waals surface area (Å²) in [5.41, 5.74) is 2.96. The highest BCUT2D eigenvalue weighted by atomic mass is 35.5. The van der Waals surface area contributed by atoms with Gasteiger partial charge in [-0.25, -0.2) is 13.3 Å². The molecule has 0 aromatic heterocycles. The highest BCUT2D eigenvalue weighted by Gasteiger charge is 2.29. The number of piperidine rings is 2. The number of fused-ring (bicyclic) bond motifs is 1. The second-order valence-electron chi connectivity index (χ2n) is 9.87. The van der Waals surface area contributed by atoms with Crippen LogP contribution in [0.15, 0.2) is 53.4 Å². The monoisotopic (exact) mass is 531 g/mol. The lowest BCUT2D eigenvalue weighted by atomic mass is 9.95. The second-order valence-corrected chi connectivity index (χ2v) is 11.7. The number of halogens is 1. The van der Waals surface area contributed by atoms with Gasteiger partial charge in [0.15, 0.2) is 0 Å². The van der Waals surface area contributed by atoms with Crippen LogP contribution in [0.1, 0.15) is 50.2 Å². The van der Waals surface area contributed by atoms with Crippen molar-refractivity contribution in [1.82, 2.24) is 14.1 Å². The van der Waals surface area contributed by atoms with Crippen LogP contribution >= 0.6 is 11.6 Å². The van der Waals surface area contributed by atoms with E-state index in [4.69, 9.17) is 16.3 Å². The van der Waals surface area contributed by atoms with Crippen LogP contribution in [0.3, 0.4) is 0 Å². The highest BCUT2D eigenvalue weighted by molar-refractivity contribution is 7.82. The summed E-state index contributed by atoms with van der Waals surface area (Å²) in [5, 5.41) is 0.687. The molecule has 0 spiro atoms. The number of rotatable bonds is 3. The van der Waals surface area contributed by atoms with E-state index in [1.165, 1.54) is 24.7 Å². The number of hydrogen-bond donors (Lipinski definition) is 0. The molecule has 1 unspecified atom stereocenters. The lowest BCUT2D eigenvalue weighted by Crippen LogP contribution is -2.48. The van der Waals surface area contributed by atoms with E-state index in [9.17, 15) is 9.00 Å². The van der Waals surface area contributed by atoms with Gasteiger partial charge in [0.2, 0.25) is 0 Å². The number of likely N-dealkylation sites (tertiary alicyclic amines) is 1. The van der Waals surface area contributed by atoms with Crippen molar-refractivity contribution in [2.75, 3.05) is 33.3 Å². The Morgan fingerprint density at radius 3 is 2.31 bits per heavy atom. The average molecular weight is 532 g/mol. The van der Waals surface area contributed by atoms with Crippen LogP contribution in [0, 0.1) is 0 Å². The Kier molecular flexibility index (Phi) is 9.82. The third kappa shape index (κ3) is 6.88. The molecule has 0 aliphatic carbocycles. The van der Waals surface area contributed by atoms with Gasteiger partial charge < -0.3 is 9.64 Å². The summed E-state index contributed by atoms with van der Waals surface area (Å²) in [6, 6.07) is 17.0. The lowest BCUT2D eigenvalue weighted by molar-refractivity contribution is 0.0790. The van der Waals surface area contributed by atoms with Gasteiger partial charge in [0, 0.05) is 49.8 Å². The van der Waals surface area contributed by atoms with E-state index in [1.54, 1.807) is 12.1 Å². The number of methoxy groups -OCH3 is 1. The van der Waals surface area contributed by atoms with Crippen LogP contribution in [-0.2, 0) is 28.7 Å². The predicted octanol–water partition coefficient (Wildman–Crippen LogP) is 5.51. The third-order valence-corrected chi connectivity index (χ3v) is 9.44. The smallest absolute Gasteiger partial charge is 0.409 e. The summed E-state index contributed by atoms with van der Waals surface area (Å²) in [7, 11) is 0.421. The normalized spacial score (nSPS) is 22.2. The molecule has 36 heavy (non-hydrogen) atoms. The molecule has 0 N–H and O–H groups in total. The van der Waals surface area contributed by atoms with E-state index in [-0.39, 0.29) is 6.09 Å². The summed E-state index contributed by atoms with van der Waals surface area (Å²) in [5.74, 6) is 0. The molecule has 2 saturated heterocycles. The van der Waals surface area contributed by atoms with Crippen molar-refractivity contribution in [3.63, 3.8) is 0 Å². The summed E-state index contributed by atoms with van der Waals surface area (Å²) < 4.78 is 19.2. The average Bonchev–Trinajstić information content (AvgIpc) is 2.93. The van der Waals surface area contributed by atoms with Crippen LogP contribution in [0.4, 0.5) is 4.79 Å². The topological polar surface area (TPSA) is 53.1 Å². The zero-order valence-corrected chi connectivity index (χ0v) is 23.0. The Morgan fingerprint density at radius 2 is 1.64 bits per heavy atom. The molecular weight excluding hydrogens is 494 g/mol. The van der Waals surface area contributed by atoms with E-state index in [0.29, 0.717) is 17.1 Å². The van der Waals surface area contributed by atoms with Gasteiger partial charge in [-0.3, -0.25) is 4.90 Å². The van der Waals surface area contributed by atoms with Crippen molar-refractivity contribution in [3.05, 3.63) is 64.7 Å². The Hall–Kier alpha value is -1.93. The molecule has 2 fully saturated rings. The molecule has 8 heteroatoms. The van der Waals surface area contributed by atoms with Gasteiger partial charge in [0.05, 0.1) is 12.0 Å².